The highest BCUT2D eigenvalue weighted by Gasteiger charge is 2.12. The molecule has 2 aromatic carbocycles. The van der Waals surface area contributed by atoms with E-state index in [-0.39, 0.29) is 0 Å². The summed E-state index contributed by atoms with van der Waals surface area (Å²) in [6.07, 6.45) is 9.53. The number of rotatable bonds is 8. The first kappa shape index (κ1) is 16.3. The number of hydrogen-bond acceptors (Lipinski definition) is 1. The van der Waals surface area contributed by atoms with Crippen molar-refractivity contribution in [1.29, 1.82) is 0 Å². The Balaban J connectivity index is 1.28. The third kappa shape index (κ3) is 5.24. The average Bonchev–Trinajstić information content (AvgIpc) is 2.61. The van der Waals surface area contributed by atoms with Crippen molar-refractivity contribution in [3.8, 4) is 5.75 Å². The molecule has 0 spiro atoms. The first-order valence-electron chi connectivity index (χ1n) is 9.37. The maximum absolute atomic E-state index is 5.91. The molecule has 0 radical (unpaired) electrons. The number of ether oxygens (including phenoxy) is 1. The van der Waals surface area contributed by atoms with Gasteiger partial charge in [0.15, 0.2) is 0 Å². The van der Waals surface area contributed by atoms with Gasteiger partial charge in [0, 0.05) is 0 Å². The molecular formula is C21H30NO+. The van der Waals surface area contributed by atoms with E-state index in [9.17, 15) is 0 Å². The molecule has 23 heavy (non-hydrogen) atoms. The SMILES string of the molecule is c1ccc2cc(OCCCCCC[NH+]3CCCCC3)ccc2c1. The van der Waals surface area contributed by atoms with E-state index in [1.54, 1.807) is 0 Å². The van der Waals surface area contributed by atoms with Crippen molar-refractivity contribution in [3.63, 3.8) is 0 Å². The van der Waals surface area contributed by atoms with Crippen molar-refractivity contribution in [1.82, 2.24) is 0 Å². The van der Waals surface area contributed by atoms with Crippen LogP contribution in [-0.2, 0) is 0 Å². The van der Waals surface area contributed by atoms with Crippen molar-refractivity contribution >= 4 is 10.8 Å². The van der Waals surface area contributed by atoms with Crippen LogP contribution >= 0.6 is 0 Å². The van der Waals surface area contributed by atoms with Gasteiger partial charge in [0.05, 0.1) is 26.2 Å². The number of hydrogen-bond donors (Lipinski definition) is 1. The van der Waals surface area contributed by atoms with E-state index in [4.69, 9.17) is 4.74 Å². The summed E-state index contributed by atoms with van der Waals surface area (Å²) < 4.78 is 5.91. The first-order chi connectivity index (χ1) is 11.4. The molecule has 0 saturated carbocycles. The van der Waals surface area contributed by atoms with Gasteiger partial charge >= 0.3 is 0 Å². The summed E-state index contributed by atoms with van der Waals surface area (Å²) in [5, 5.41) is 2.54. The maximum Gasteiger partial charge on any atom is 0.119 e. The average molecular weight is 312 g/mol. The Morgan fingerprint density at radius 2 is 1.57 bits per heavy atom. The molecule has 2 aromatic rings. The smallest absolute Gasteiger partial charge is 0.119 e. The van der Waals surface area contributed by atoms with E-state index < -0.39 is 0 Å². The van der Waals surface area contributed by atoms with Crippen molar-refractivity contribution in [2.24, 2.45) is 0 Å². The summed E-state index contributed by atoms with van der Waals surface area (Å²) in [6.45, 7) is 5.04. The molecule has 1 fully saturated rings. The summed E-state index contributed by atoms with van der Waals surface area (Å²) in [6, 6.07) is 14.8. The predicted octanol–water partition coefficient (Wildman–Crippen LogP) is 3.85. The van der Waals surface area contributed by atoms with Crippen LogP contribution in [0.4, 0.5) is 0 Å². The van der Waals surface area contributed by atoms with Crippen LogP contribution in [0.3, 0.4) is 0 Å². The lowest BCUT2D eigenvalue weighted by molar-refractivity contribution is -0.905. The second kappa shape index (κ2) is 8.93. The Bertz CT molecular complexity index is 589. The standard InChI is InChI=1S/C21H29NO/c1(6-14-22-15-7-3-8-16-22)2-9-17-23-21-13-12-19-10-4-5-11-20(19)18-21/h4-5,10-13,18H,1-3,6-9,14-17H2/p+1. The van der Waals surface area contributed by atoms with Gasteiger partial charge < -0.3 is 9.64 Å². The van der Waals surface area contributed by atoms with E-state index in [2.05, 4.69) is 42.5 Å². The first-order valence-corrected chi connectivity index (χ1v) is 9.37. The maximum atomic E-state index is 5.91. The highest BCUT2D eigenvalue weighted by molar-refractivity contribution is 5.83. The fraction of sp³-hybridized carbons (Fsp3) is 0.524. The number of unbranched alkanes of at least 4 members (excludes halogenated alkanes) is 3. The van der Waals surface area contributed by atoms with Gasteiger partial charge in [-0.05, 0) is 67.9 Å². The molecule has 3 rings (SSSR count). The number of quaternary nitrogens is 1. The van der Waals surface area contributed by atoms with Gasteiger partial charge in [-0.3, -0.25) is 0 Å². The van der Waals surface area contributed by atoms with E-state index in [0.29, 0.717) is 0 Å². The number of nitrogens with one attached hydrogen (secondary N) is 1. The zero-order valence-electron chi connectivity index (χ0n) is 14.2. The zero-order chi connectivity index (χ0) is 15.7. The molecule has 1 aliphatic heterocycles. The van der Waals surface area contributed by atoms with Crippen molar-refractivity contribution < 1.29 is 9.64 Å². The van der Waals surface area contributed by atoms with Crippen LogP contribution in [-0.4, -0.2) is 26.2 Å². The summed E-state index contributed by atoms with van der Waals surface area (Å²) in [4.78, 5) is 1.84. The Labute approximate surface area is 140 Å². The molecule has 0 atom stereocenters. The Morgan fingerprint density at radius 3 is 2.43 bits per heavy atom. The minimum absolute atomic E-state index is 0.842. The van der Waals surface area contributed by atoms with Gasteiger partial charge in [-0.1, -0.05) is 30.3 Å². The zero-order valence-corrected chi connectivity index (χ0v) is 14.2. The quantitative estimate of drug-likeness (QED) is 0.731. The Kier molecular flexibility index (Phi) is 6.34. The van der Waals surface area contributed by atoms with Crippen LogP contribution in [0.2, 0.25) is 0 Å². The van der Waals surface area contributed by atoms with Crippen LogP contribution in [0.25, 0.3) is 10.8 Å². The van der Waals surface area contributed by atoms with Gasteiger partial charge in [-0.2, -0.15) is 0 Å². The van der Waals surface area contributed by atoms with Crippen molar-refractivity contribution in [2.75, 3.05) is 26.2 Å². The van der Waals surface area contributed by atoms with Crippen LogP contribution in [0, 0.1) is 0 Å². The van der Waals surface area contributed by atoms with Gasteiger partial charge in [-0.25, -0.2) is 0 Å². The summed E-state index contributed by atoms with van der Waals surface area (Å²) in [5.74, 6) is 1.00. The molecular weight excluding hydrogens is 282 g/mol. The number of likely N-dealkylation sites (tertiary alicyclic amines) is 1. The lowest BCUT2D eigenvalue weighted by Gasteiger charge is -2.23. The van der Waals surface area contributed by atoms with Gasteiger partial charge in [0.25, 0.3) is 0 Å². The summed E-state index contributed by atoms with van der Waals surface area (Å²) in [5.41, 5.74) is 0. The van der Waals surface area contributed by atoms with Crippen LogP contribution < -0.4 is 9.64 Å². The molecule has 124 valence electrons. The van der Waals surface area contributed by atoms with Crippen LogP contribution in [0.1, 0.15) is 44.9 Å². The molecule has 1 saturated heterocycles. The van der Waals surface area contributed by atoms with Gasteiger partial charge in [-0.15, -0.1) is 0 Å². The minimum Gasteiger partial charge on any atom is -0.494 e. The van der Waals surface area contributed by atoms with E-state index in [0.717, 1.165) is 12.4 Å². The second-order valence-electron chi connectivity index (χ2n) is 6.83. The Morgan fingerprint density at radius 1 is 0.783 bits per heavy atom. The van der Waals surface area contributed by atoms with E-state index in [1.165, 1.54) is 75.4 Å². The fourth-order valence-electron chi connectivity index (χ4n) is 3.58. The largest absolute Gasteiger partial charge is 0.494 e. The minimum atomic E-state index is 0.842. The molecule has 0 bridgehead atoms. The fourth-order valence-corrected chi connectivity index (χ4v) is 3.58. The molecule has 1 heterocycles. The molecule has 1 aliphatic rings. The molecule has 0 aromatic heterocycles. The van der Waals surface area contributed by atoms with Crippen molar-refractivity contribution in [3.05, 3.63) is 42.5 Å². The lowest BCUT2D eigenvalue weighted by Crippen LogP contribution is -3.12. The molecule has 0 unspecified atom stereocenters. The number of fused-ring (bicyclic) bond motifs is 1. The number of piperidine rings is 1. The molecule has 1 N–H and O–H groups in total. The molecule has 0 amide bonds. The summed E-state index contributed by atoms with van der Waals surface area (Å²) in [7, 11) is 0. The lowest BCUT2D eigenvalue weighted by atomic mass is 10.1. The van der Waals surface area contributed by atoms with Gasteiger partial charge in [0.1, 0.15) is 5.75 Å². The highest BCUT2D eigenvalue weighted by Crippen LogP contribution is 2.20. The predicted molar refractivity (Wildman–Crippen MR) is 97.3 cm³/mol. The van der Waals surface area contributed by atoms with E-state index >= 15 is 0 Å². The third-order valence-electron chi connectivity index (χ3n) is 4.97. The summed E-state index contributed by atoms with van der Waals surface area (Å²) >= 11 is 0. The van der Waals surface area contributed by atoms with Gasteiger partial charge in [0.2, 0.25) is 0 Å². The topological polar surface area (TPSA) is 13.7 Å². The normalized spacial score (nSPS) is 15.8. The van der Waals surface area contributed by atoms with E-state index in [1.807, 2.05) is 4.90 Å². The van der Waals surface area contributed by atoms with Crippen LogP contribution in [0.5, 0.6) is 5.75 Å². The highest BCUT2D eigenvalue weighted by atomic mass is 16.5. The molecule has 2 nitrogen and oxygen atoms in total. The van der Waals surface area contributed by atoms with Crippen molar-refractivity contribution in [2.45, 2.75) is 44.9 Å². The number of benzene rings is 2. The monoisotopic (exact) mass is 312 g/mol. The third-order valence-corrected chi connectivity index (χ3v) is 4.97. The second-order valence-corrected chi connectivity index (χ2v) is 6.83. The Hall–Kier alpha value is -1.54. The molecule has 0 aliphatic carbocycles. The molecule has 2 heteroatoms. The van der Waals surface area contributed by atoms with Crippen LogP contribution in [0.15, 0.2) is 42.5 Å².